The molecule has 0 bridgehead atoms. The molecule has 0 fully saturated rings. The molecule has 0 aliphatic rings. The predicted octanol–water partition coefficient (Wildman–Crippen LogP) is 3.67. The van der Waals surface area contributed by atoms with Crippen LogP contribution in [0.5, 0.6) is 0 Å². The summed E-state index contributed by atoms with van der Waals surface area (Å²) in [6.07, 6.45) is 0.821. The standard InChI is InChI=1S/C16H16ClNO3S/c17-13-4-2-12(3-5-13)14(9-16(20)21)18-15(19)6-1-11-7-8-22-10-11/h2-5,7-8,10,14H,1,6,9H2,(H,18,19)(H,20,21)/t14-/m0/s1. The van der Waals surface area contributed by atoms with Crippen LogP contribution < -0.4 is 5.32 Å². The van der Waals surface area contributed by atoms with Gasteiger partial charge in [-0.2, -0.15) is 11.3 Å². The number of nitrogens with one attached hydrogen (secondary N) is 1. The molecule has 2 aromatic rings. The number of amides is 1. The number of aryl methyl sites for hydroxylation is 1. The first kappa shape index (κ1) is 16.5. The summed E-state index contributed by atoms with van der Waals surface area (Å²) in [5, 5.41) is 16.3. The first-order chi connectivity index (χ1) is 10.5. The number of aliphatic carboxylic acids is 1. The molecule has 116 valence electrons. The number of carboxylic acid groups (broad SMARTS) is 1. The van der Waals surface area contributed by atoms with E-state index in [1.807, 2.05) is 16.8 Å². The minimum absolute atomic E-state index is 0.160. The van der Waals surface area contributed by atoms with Gasteiger partial charge in [-0.25, -0.2) is 0 Å². The number of carbonyl (C=O) groups excluding carboxylic acids is 1. The van der Waals surface area contributed by atoms with Crippen LogP contribution in [0.3, 0.4) is 0 Å². The van der Waals surface area contributed by atoms with E-state index in [0.29, 0.717) is 17.9 Å². The minimum Gasteiger partial charge on any atom is -0.481 e. The Kier molecular flexibility index (Phi) is 5.98. The number of benzene rings is 1. The van der Waals surface area contributed by atoms with Gasteiger partial charge in [-0.05, 0) is 46.5 Å². The molecule has 0 saturated carbocycles. The Bertz CT molecular complexity index is 625. The van der Waals surface area contributed by atoms with E-state index < -0.39 is 12.0 Å². The van der Waals surface area contributed by atoms with Crippen LogP contribution in [0.2, 0.25) is 5.02 Å². The van der Waals surface area contributed by atoms with E-state index >= 15 is 0 Å². The Balaban J connectivity index is 1.98. The van der Waals surface area contributed by atoms with Crippen molar-refractivity contribution >= 4 is 34.8 Å². The van der Waals surface area contributed by atoms with E-state index in [0.717, 1.165) is 11.1 Å². The summed E-state index contributed by atoms with van der Waals surface area (Å²) in [7, 11) is 0. The Labute approximate surface area is 137 Å². The zero-order valence-electron chi connectivity index (χ0n) is 11.8. The van der Waals surface area contributed by atoms with Crippen LogP contribution in [0, 0.1) is 0 Å². The van der Waals surface area contributed by atoms with Crippen molar-refractivity contribution in [3.8, 4) is 0 Å². The lowest BCUT2D eigenvalue weighted by atomic mass is 10.0. The number of hydrogen-bond acceptors (Lipinski definition) is 3. The summed E-state index contributed by atoms with van der Waals surface area (Å²) in [6.45, 7) is 0. The van der Waals surface area contributed by atoms with Crippen LogP contribution in [0.15, 0.2) is 41.1 Å². The Morgan fingerprint density at radius 2 is 1.95 bits per heavy atom. The Morgan fingerprint density at radius 1 is 1.23 bits per heavy atom. The van der Waals surface area contributed by atoms with E-state index in [1.165, 1.54) is 0 Å². The van der Waals surface area contributed by atoms with Crippen LogP contribution in [-0.2, 0) is 16.0 Å². The van der Waals surface area contributed by atoms with Crippen LogP contribution >= 0.6 is 22.9 Å². The molecule has 22 heavy (non-hydrogen) atoms. The molecule has 1 amide bonds. The zero-order valence-corrected chi connectivity index (χ0v) is 13.4. The fraction of sp³-hybridized carbons (Fsp3) is 0.250. The molecule has 6 heteroatoms. The van der Waals surface area contributed by atoms with Gasteiger partial charge in [0.15, 0.2) is 0 Å². The monoisotopic (exact) mass is 337 g/mol. The van der Waals surface area contributed by atoms with Crippen molar-refractivity contribution < 1.29 is 14.7 Å². The normalized spacial score (nSPS) is 11.9. The van der Waals surface area contributed by atoms with Crippen LogP contribution in [-0.4, -0.2) is 17.0 Å². The van der Waals surface area contributed by atoms with Crippen molar-refractivity contribution in [2.24, 2.45) is 0 Å². The van der Waals surface area contributed by atoms with E-state index in [9.17, 15) is 9.59 Å². The van der Waals surface area contributed by atoms with Gasteiger partial charge in [0.2, 0.25) is 5.91 Å². The first-order valence-electron chi connectivity index (χ1n) is 6.82. The van der Waals surface area contributed by atoms with Gasteiger partial charge in [0.1, 0.15) is 0 Å². The maximum Gasteiger partial charge on any atom is 0.305 e. The van der Waals surface area contributed by atoms with E-state index in [1.54, 1.807) is 35.6 Å². The smallest absolute Gasteiger partial charge is 0.305 e. The molecule has 0 aliphatic carbocycles. The van der Waals surface area contributed by atoms with Gasteiger partial charge < -0.3 is 10.4 Å². The zero-order chi connectivity index (χ0) is 15.9. The Morgan fingerprint density at radius 3 is 2.55 bits per heavy atom. The van der Waals surface area contributed by atoms with Crippen LogP contribution in [0.1, 0.15) is 30.0 Å². The van der Waals surface area contributed by atoms with Crippen molar-refractivity contribution in [2.45, 2.75) is 25.3 Å². The summed E-state index contributed by atoms with van der Waals surface area (Å²) < 4.78 is 0. The van der Waals surface area contributed by atoms with E-state index in [4.69, 9.17) is 16.7 Å². The van der Waals surface area contributed by atoms with Gasteiger partial charge in [0.25, 0.3) is 0 Å². The number of halogens is 1. The minimum atomic E-state index is -0.960. The van der Waals surface area contributed by atoms with Gasteiger partial charge in [0, 0.05) is 11.4 Å². The quantitative estimate of drug-likeness (QED) is 0.810. The highest BCUT2D eigenvalue weighted by Gasteiger charge is 2.18. The van der Waals surface area contributed by atoms with Crippen molar-refractivity contribution in [2.75, 3.05) is 0 Å². The molecule has 0 aliphatic heterocycles. The Hall–Kier alpha value is -1.85. The highest BCUT2D eigenvalue weighted by molar-refractivity contribution is 7.07. The van der Waals surface area contributed by atoms with E-state index in [2.05, 4.69) is 5.32 Å². The van der Waals surface area contributed by atoms with Crippen molar-refractivity contribution in [1.82, 2.24) is 5.32 Å². The van der Waals surface area contributed by atoms with Crippen LogP contribution in [0.25, 0.3) is 0 Å². The van der Waals surface area contributed by atoms with Crippen molar-refractivity contribution in [3.05, 3.63) is 57.2 Å². The highest BCUT2D eigenvalue weighted by Crippen LogP contribution is 2.20. The molecule has 1 aromatic carbocycles. The largest absolute Gasteiger partial charge is 0.481 e. The lowest BCUT2D eigenvalue weighted by Crippen LogP contribution is -2.30. The summed E-state index contributed by atoms with van der Waals surface area (Å²) >= 11 is 7.42. The summed E-state index contributed by atoms with van der Waals surface area (Å²) in [5.74, 6) is -1.12. The predicted molar refractivity (Wildman–Crippen MR) is 87.2 cm³/mol. The summed E-state index contributed by atoms with van der Waals surface area (Å²) in [5.41, 5.74) is 1.84. The second-order valence-electron chi connectivity index (χ2n) is 4.90. The number of carboxylic acids is 1. The molecular weight excluding hydrogens is 322 g/mol. The van der Waals surface area contributed by atoms with Gasteiger partial charge in [-0.1, -0.05) is 23.7 Å². The highest BCUT2D eigenvalue weighted by atomic mass is 35.5. The van der Waals surface area contributed by atoms with Gasteiger partial charge in [0.05, 0.1) is 12.5 Å². The molecule has 0 radical (unpaired) electrons. The third-order valence-corrected chi connectivity index (χ3v) is 4.19. The SMILES string of the molecule is O=C(O)C[C@H](NC(=O)CCc1ccsc1)c1ccc(Cl)cc1. The molecule has 1 aromatic heterocycles. The summed E-state index contributed by atoms with van der Waals surface area (Å²) in [6, 6.07) is 8.26. The molecule has 1 atom stereocenters. The fourth-order valence-corrected chi connectivity index (χ4v) is 2.91. The molecule has 0 spiro atoms. The topological polar surface area (TPSA) is 66.4 Å². The van der Waals surface area contributed by atoms with E-state index in [-0.39, 0.29) is 12.3 Å². The molecular formula is C16H16ClNO3S. The first-order valence-corrected chi connectivity index (χ1v) is 8.14. The molecule has 0 saturated heterocycles. The average molecular weight is 338 g/mol. The molecule has 0 unspecified atom stereocenters. The van der Waals surface area contributed by atoms with Crippen molar-refractivity contribution in [1.29, 1.82) is 0 Å². The summed E-state index contributed by atoms with van der Waals surface area (Å²) in [4.78, 5) is 23.0. The maximum atomic E-state index is 12.0. The number of carbonyl (C=O) groups is 2. The number of thiophene rings is 1. The molecule has 4 nitrogen and oxygen atoms in total. The van der Waals surface area contributed by atoms with Gasteiger partial charge in [-0.3, -0.25) is 9.59 Å². The van der Waals surface area contributed by atoms with Crippen LogP contribution in [0.4, 0.5) is 0 Å². The third-order valence-electron chi connectivity index (χ3n) is 3.21. The number of rotatable bonds is 7. The second kappa shape index (κ2) is 7.96. The lowest BCUT2D eigenvalue weighted by molar-refractivity contribution is -0.137. The van der Waals surface area contributed by atoms with Crippen molar-refractivity contribution in [3.63, 3.8) is 0 Å². The molecule has 2 N–H and O–H groups in total. The molecule has 2 rings (SSSR count). The second-order valence-corrected chi connectivity index (χ2v) is 6.12. The molecule has 1 heterocycles. The lowest BCUT2D eigenvalue weighted by Gasteiger charge is -2.17. The maximum absolute atomic E-state index is 12.0. The van der Waals surface area contributed by atoms with Gasteiger partial charge in [-0.15, -0.1) is 0 Å². The van der Waals surface area contributed by atoms with Gasteiger partial charge >= 0.3 is 5.97 Å². The third kappa shape index (κ3) is 5.16. The number of hydrogen-bond donors (Lipinski definition) is 2. The fourth-order valence-electron chi connectivity index (χ4n) is 2.08. The average Bonchev–Trinajstić information content (AvgIpc) is 2.98.